The minimum atomic E-state index is 0.0400. The van der Waals surface area contributed by atoms with Crippen LogP contribution in [0.15, 0.2) is 0 Å². The molecule has 1 atom stereocenters. The second-order valence-corrected chi connectivity index (χ2v) is 11.5. The Hall–Kier alpha value is 0.270. The van der Waals surface area contributed by atoms with E-state index in [-0.39, 0.29) is 12.7 Å². The molecule has 0 unspecified atom stereocenters. The van der Waals surface area contributed by atoms with Crippen LogP contribution in [0.4, 0.5) is 0 Å². The molecule has 0 spiro atoms. The summed E-state index contributed by atoms with van der Waals surface area (Å²) in [4.78, 5) is 0. The van der Waals surface area contributed by atoms with Crippen molar-refractivity contribution in [3.63, 3.8) is 0 Å². The molecule has 192 valence electrons. The Labute approximate surface area is 206 Å². The van der Waals surface area contributed by atoms with Gasteiger partial charge in [0.15, 0.2) is 0 Å². The second kappa shape index (κ2) is 24.4. The third-order valence-corrected chi connectivity index (χ3v) is 8.42. The highest BCUT2D eigenvalue weighted by Crippen LogP contribution is 2.28. The zero-order chi connectivity index (χ0) is 23.0. The van der Waals surface area contributed by atoms with Gasteiger partial charge in [-0.15, -0.1) is 0 Å². The number of aliphatic hydroxyl groups excluding tert-OH is 1. The quantitative estimate of drug-likeness (QED) is 0.142. The minimum Gasteiger partial charge on any atom is -0.394 e. The van der Waals surface area contributed by atoms with Gasteiger partial charge in [0.05, 0.1) is 12.7 Å². The van der Waals surface area contributed by atoms with Gasteiger partial charge in [-0.1, -0.05) is 135 Å². The maximum atomic E-state index is 9.55. The summed E-state index contributed by atoms with van der Waals surface area (Å²) in [5.74, 6) is 3.25. The van der Waals surface area contributed by atoms with Gasteiger partial charge in [0.2, 0.25) is 0 Å². The summed E-state index contributed by atoms with van der Waals surface area (Å²) in [6.45, 7) is 3.26. The lowest BCUT2D eigenvalue weighted by Gasteiger charge is -2.21. The predicted molar refractivity (Wildman–Crippen MR) is 145 cm³/mol. The third-order valence-electron chi connectivity index (χ3n) is 7.23. The molecule has 3 heteroatoms. The van der Waals surface area contributed by atoms with E-state index < -0.39 is 0 Å². The molecule has 0 aromatic rings. The fraction of sp³-hybridized carbons (Fsp3) is 1.00. The Kier molecular flexibility index (Phi) is 23.1. The largest absolute Gasteiger partial charge is 0.394 e. The Morgan fingerprint density at radius 1 is 0.719 bits per heavy atom. The van der Waals surface area contributed by atoms with Crippen molar-refractivity contribution >= 4 is 11.8 Å². The molecule has 2 nitrogen and oxygen atoms in total. The maximum Gasteiger partial charge on any atom is 0.0895 e. The van der Waals surface area contributed by atoms with Crippen LogP contribution in [-0.4, -0.2) is 35.9 Å². The molecule has 0 amide bonds. The van der Waals surface area contributed by atoms with Crippen LogP contribution in [0.2, 0.25) is 0 Å². The molecule has 1 aliphatic carbocycles. The second-order valence-electron chi connectivity index (χ2n) is 10.3. The lowest BCUT2D eigenvalue weighted by Crippen LogP contribution is -2.21. The molecule has 1 rings (SSSR count). The maximum absolute atomic E-state index is 9.55. The molecule has 1 saturated carbocycles. The van der Waals surface area contributed by atoms with Crippen molar-refractivity contribution in [1.82, 2.24) is 0 Å². The summed E-state index contributed by atoms with van der Waals surface area (Å²) in [5.41, 5.74) is 0. The summed E-state index contributed by atoms with van der Waals surface area (Å²) < 4.78 is 5.90. The topological polar surface area (TPSA) is 29.5 Å². The standard InChI is InChI=1S/C29H58O2S/c1-2-3-4-5-6-10-13-19-24-31-29(26-30)27-32-25-20-14-11-8-7-9-12-16-21-28-22-17-15-18-23-28/h28-30H,2-27H2,1H3/t29-/m0/s1. The highest BCUT2D eigenvalue weighted by atomic mass is 32.2. The number of ether oxygens (including phenoxy) is 1. The summed E-state index contributed by atoms with van der Waals surface area (Å²) in [6.07, 6.45) is 31.1. The molecule has 0 radical (unpaired) electrons. The minimum absolute atomic E-state index is 0.0400. The smallest absolute Gasteiger partial charge is 0.0895 e. The number of aliphatic hydroxyl groups is 1. The number of rotatable bonds is 24. The van der Waals surface area contributed by atoms with Crippen LogP contribution in [0, 0.1) is 5.92 Å². The first-order valence-corrected chi connectivity index (χ1v) is 15.8. The fourth-order valence-electron chi connectivity index (χ4n) is 5.03. The van der Waals surface area contributed by atoms with Gasteiger partial charge in [-0.25, -0.2) is 0 Å². The van der Waals surface area contributed by atoms with E-state index in [2.05, 4.69) is 6.92 Å². The highest BCUT2D eigenvalue weighted by Gasteiger charge is 2.12. The number of thioether (sulfide) groups is 1. The Morgan fingerprint density at radius 3 is 1.91 bits per heavy atom. The van der Waals surface area contributed by atoms with E-state index in [4.69, 9.17) is 4.74 Å². The van der Waals surface area contributed by atoms with Crippen molar-refractivity contribution in [2.24, 2.45) is 5.92 Å². The normalized spacial score (nSPS) is 15.9. The molecule has 32 heavy (non-hydrogen) atoms. The molecule has 0 heterocycles. The van der Waals surface area contributed by atoms with Crippen LogP contribution >= 0.6 is 11.8 Å². The van der Waals surface area contributed by atoms with Gasteiger partial charge < -0.3 is 9.84 Å². The van der Waals surface area contributed by atoms with Gasteiger partial charge in [-0.05, 0) is 24.5 Å². The van der Waals surface area contributed by atoms with Gasteiger partial charge in [-0.2, -0.15) is 11.8 Å². The van der Waals surface area contributed by atoms with Crippen molar-refractivity contribution in [1.29, 1.82) is 0 Å². The molecule has 1 fully saturated rings. The van der Waals surface area contributed by atoms with Gasteiger partial charge in [0.25, 0.3) is 0 Å². The molecular formula is C29H58O2S. The Balaban J connectivity index is 1.76. The van der Waals surface area contributed by atoms with Crippen LogP contribution in [-0.2, 0) is 4.74 Å². The molecule has 0 bridgehead atoms. The Morgan fingerprint density at radius 2 is 1.28 bits per heavy atom. The van der Waals surface area contributed by atoms with E-state index in [1.807, 2.05) is 11.8 Å². The van der Waals surface area contributed by atoms with Gasteiger partial charge in [0, 0.05) is 12.4 Å². The molecular weight excluding hydrogens is 412 g/mol. The van der Waals surface area contributed by atoms with Crippen molar-refractivity contribution < 1.29 is 9.84 Å². The van der Waals surface area contributed by atoms with E-state index in [0.29, 0.717) is 0 Å². The third kappa shape index (κ3) is 19.7. The first kappa shape index (κ1) is 30.3. The van der Waals surface area contributed by atoms with Gasteiger partial charge in [-0.3, -0.25) is 0 Å². The van der Waals surface area contributed by atoms with Crippen LogP contribution in [0.5, 0.6) is 0 Å². The molecule has 0 aromatic heterocycles. The highest BCUT2D eigenvalue weighted by molar-refractivity contribution is 7.99. The van der Waals surface area contributed by atoms with Crippen LogP contribution < -0.4 is 0 Å². The van der Waals surface area contributed by atoms with E-state index in [9.17, 15) is 5.11 Å². The van der Waals surface area contributed by atoms with Crippen molar-refractivity contribution in [3.8, 4) is 0 Å². The summed E-state index contributed by atoms with van der Waals surface area (Å²) >= 11 is 1.97. The first-order valence-electron chi connectivity index (χ1n) is 14.7. The lowest BCUT2D eigenvalue weighted by atomic mass is 9.85. The van der Waals surface area contributed by atoms with Gasteiger partial charge in [0.1, 0.15) is 0 Å². The average Bonchev–Trinajstić information content (AvgIpc) is 2.83. The zero-order valence-electron chi connectivity index (χ0n) is 21.8. The predicted octanol–water partition coefficient (Wildman–Crippen LogP) is 9.33. The Bertz CT molecular complexity index is 357. The number of hydrogen-bond donors (Lipinski definition) is 1. The summed E-state index contributed by atoms with van der Waals surface area (Å²) in [6, 6.07) is 0. The summed E-state index contributed by atoms with van der Waals surface area (Å²) in [7, 11) is 0. The summed E-state index contributed by atoms with van der Waals surface area (Å²) in [5, 5.41) is 9.55. The van der Waals surface area contributed by atoms with Crippen LogP contribution in [0.1, 0.15) is 148 Å². The SMILES string of the molecule is CCCCCCCCCCO[C@@H](CO)CSCCCCCCCCCCC1CCCCC1. The van der Waals surface area contributed by atoms with E-state index in [1.165, 1.54) is 141 Å². The van der Waals surface area contributed by atoms with E-state index >= 15 is 0 Å². The molecule has 0 saturated heterocycles. The van der Waals surface area contributed by atoms with Crippen LogP contribution in [0.3, 0.4) is 0 Å². The molecule has 0 aromatic carbocycles. The van der Waals surface area contributed by atoms with Gasteiger partial charge >= 0.3 is 0 Å². The van der Waals surface area contributed by atoms with Crippen LogP contribution in [0.25, 0.3) is 0 Å². The fourth-order valence-corrected chi connectivity index (χ4v) is 6.07. The van der Waals surface area contributed by atoms with Crippen molar-refractivity contribution in [2.45, 2.75) is 154 Å². The van der Waals surface area contributed by atoms with E-state index in [1.54, 1.807) is 0 Å². The zero-order valence-corrected chi connectivity index (χ0v) is 22.6. The molecule has 0 aliphatic heterocycles. The first-order chi connectivity index (χ1) is 15.9. The number of unbranched alkanes of at least 4 members (excludes halogenated alkanes) is 14. The average molecular weight is 471 g/mol. The van der Waals surface area contributed by atoms with E-state index in [0.717, 1.165) is 24.7 Å². The molecule has 1 N–H and O–H groups in total. The van der Waals surface area contributed by atoms with Crippen molar-refractivity contribution in [3.05, 3.63) is 0 Å². The molecule has 1 aliphatic rings. The monoisotopic (exact) mass is 470 g/mol. The van der Waals surface area contributed by atoms with Crippen molar-refractivity contribution in [2.75, 3.05) is 24.7 Å². The number of hydrogen-bond acceptors (Lipinski definition) is 3. The lowest BCUT2D eigenvalue weighted by molar-refractivity contribution is 0.0260.